The third kappa shape index (κ3) is 3.79. The molecular weight excluding hydrogens is 390 g/mol. The number of carbonyl (C=O) groups excluding carboxylic acids is 1. The number of carbonyl (C=O) groups is 1. The quantitative estimate of drug-likeness (QED) is 0.631. The molecule has 3 aromatic rings. The van der Waals surface area contributed by atoms with Gasteiger partial charge < -0.3 is 9.73 Å². The van der Waals surface area contributed by atoms with Gasteiger partial charge >= 0.3 is 10.0 Å². The van der Waals surface area contributed by atoms with E-state index >= 15 is 0 Å². The molecule has 7 nitrogen and oxygen atoms in total. The predicted molar refractivity (Wildman–Crippen MR) is 108 cm³/mol. The third-order valence-electron chi connectivity index (χ3n) is 4.62. The lowest BCUT2D eigenvalue weighted by molar-refractivity contribution is -0.434. The maximum atomic E-state index is 13.3. The van der Waals surface area contributed by atoms with Crippen molar-refractivity contribution in [1.29, 1.82) is 0 Å². The Bertz CT molecular complexity index is 1150. The molecule has 1 aromatic heterocycles. The maximum absolute atomic E-state index is 13.3. The summed E-state index contributed by atoms with van der Waals surface area (Å²) < 4.78 is 33.3. The van der Waals surface area contributed by atoms with Crippen LogP contribution in [0.4, 0.5) is 5.69 Å². The highest BCUT2D eigenvalue weighted by Crippen LogP contribution is 2.28. The lowest BCUT2D eigenvalue weighted by Crippen LogP contribution is -2.33. The molecular formula is C21H20N3O4S+. The number of rotatable bonds is 5. The molecule has 1 aliphatic rings. The Morgan fingerprint density at radius 2 is 1.79 bits per heavy atom. The molecule has 2 heterocycles. The zero-order valence-corrected chi connectivity index (χ0v) is 16.5. The maximum Gasteiger partial charge on any atom is 0.421 e. The minimum Gasteiger partial charge on any atom is -0.467 e. The van der Waals surface area contributed by atoms with E-state index in [1.54, 1.807) is 66.9 Å². The number of hydrogen-bond acceptors (Lipinski definition) is 5. The first-order chi connectivity index (χ1) is 13.9. The zero-order chi connectivity index (χ0) is 20.4. The minimum atomic E-state index is -3.82. The van der Waals surface area contributed by atoms with Crippen molar-refractivity contribution >= 4 is 27.3 Å². The lowest BCUT2D eigenvalue weighted by Gasteiger charge is -2.05. The van der Waals surface area contributed by atoms with Gasteiger partial charge in [0.2, 0.25) is 11.6 Å². The van der Waals surface area contributed by atoms with E-state index in [0.717, 1.165) is 5.56 Å². The summed E-state index contributed by atoms with van der Waals surface area (Å²) in [6.07, 6.45) is 1.99. The van der Waals surface area contributed by atoms with Crippen LogP contribution in [0, 0.1) is 0 Å². The number of hydrazine groups is 1. The molecule has 0 bridgehead atoms. The van der Waals surface area contributed by atoms with Crippen molar-refractivity contribution < 1.29 is 21.7 Å². The molecule has 29 heavy (non-hydrogen) atoms. The van der Waals surface area contributed by atoms with Crippen LogP contribution in [0.25, 0.3) is 0 Å². The van der Waals surface area contributed by atoms with Crippen molar-refractivity contribution in [3.8, 4) is 0 Å². The first kappa shape index (κ1) is 18.9. The van der Waals surface area contributed by atoms with Crippen molar-refractivity contribution in [1.82, 2.24) is 5.43 Å². The van der Waals surface area contributed by atoms with Crippen LogP contribution in [-0.4, -0.2) is 24.1 Å². The number of benzene rings is 2. The second kappa shape index (κ2) is 7.56. The SMILES string of the molecule is CC(=O)Nc1ccc(C2=[N+](S(=O)(=O)c3ccccc3)NC(c3ccco3)C2)cc1. The Kier molecular flexibility index (Phi) is 4.94. The average Bonchev–Trinajstić information content (AvgIpc) is 3.39. The highest BCUT2D eigenvalue weighted by molar-refractivity contribution is 7.85. The summed E-state index contributed by atoms with van der Waals surface area (Å²) in [4.78, 5) is 11.4. The van der Waals surface area contributed by atoms with Crippen LogP contribution in [-0.2, 0) is 14.8 Å². The van der Waals surface area contributed by atoms with Gasteiger partial charge in [0.15, 0.2) is 0 Å². The third-order valence-corrected chi connectivity index (χ3v) is 6.30. The van der Waals surface area contributed by atoms with E-state index in [4.69, 9.17) is 4.42 Å². The summed E-state index contributed by atoms with van der Waals surface area (Å²) in [6, 6.07) is 18.6. The summed E-state index contributed by atoms with van der Waals surface area (Å²) in [5, 5.41) is 2.71. The topological polar surface area (TPSA) is 91.4 Å². The van der Waals surface area contributed by atoms with E-state index in [-0.39, 0.29) is 16.8 Å². The van der Waals surface area contributed by atoms with Crippen molar-refractivity contribution in [2.24, 2.45) is 0 Å². The van der Waals surface area contributed by atoms with Gasteiger partial charge in [-0.2, -0.15) is 13.8 Å². The van der Waals surface area contributed by atoms with Gasteiger partial charge in [0.05, 0.1) is 12.7 Å². The van der Waals surface area contributed by atoms with Gasteiger partial charge in [0.25, 0.3) is 0 Å². The van der Waals surface area contributed by atoms with Gasteiger partial charge in [0.1, 0.15) is 16.7 Å². The molecule has 1 unspecified atom stereocenters. The Balaban J connectivity index is 1.77. The number of amides is 1. The molecule has 0 saturated carbocycles. The summed E-state index contributed by atoms with van der Waals surface area (Å²) in [5.74, 6) is 0.488. The molecule has 0 spiro atoms. The van der Waals surface area contributed by atoms with E-state index in [2.05, 4.69) is 10.7 Å². The van der Waals surface area contributed by atoms with E-state index in [0.29, 0.717) is 23.6 Å². The van der Waals surface area contributed by atoms with Gasteiger partial charge in [-0.15, -0.1) is 0 Å². The smallest absolute Gasteiger partial charge is 0.421 e. The van der Waals surface area contributed by atoms with Crippen LogP contribution in [0.1, 0.15) is 30.7 Å². The average molecular weight is 410 g/mol. The molecule has 1 atom stereocenters. The van der Waals surface area contributed by atoms with E-state index < -0.39 is 10.0 Å². The molecule has 0 fully saturated rings. The lowest BCUT2D eigenvalue weighted by atomic mass is 10.0. The van der Waals surface area contributed by atoms with Crippen LogP contribution >= 0.6 is 0 Å². The van der Waals surface area contributed by atoms with E-state index in [9.17, 15) is 13.2 Å². The fourth-order valence-corrected chi connectivity index (χ4v) is 4.74. The van der Waals surface area contributed by atoms with Crippen LogP contribution < -0.4 is 10.7 Å². The summed E-state index contributed by atoms with van der Waals surface area (Å²) >= 11 is 0. The molecule has 4 rings (SSSR count). The number of sulfonamides is 1. The van der Waals surface area contributed by atoms with E-state index in [1.165, 1.54) is 11.0 Å². The second-order valence-electron chi connectivity index (χ2n) is 6.69. The second-order valence-corrected chi connectivity index (χ2v) is 8.48. The predicted octanol–water partition coefficient (Wildman–Crippen LogP) is 3.08. The largest absolute Gasteiger partial charge is 0.467 e. The molecule has 1 amide bonds. The van der Waals surface area contributed by atoms with Gasteiger partial charge in [-0.1, -0.05) is 18.2 Å². The van der Waals surface area contributed by atoms with Crippen molar-refractivity contribution in [2.45, 2.75) is 24.3 Å². The van der Waals surface area contributed by atoms with Crippen molar-refractivity contribution in [3.05, 3.63) is 84.3 Å². The monoisotopic (exact) mass is 410 g/mol. The molecule has 2 N–H and O–H groups in total. The minimum absolute atomic E-state index is 0.167. The molecule has 0 radical (unpaired) electrons. The van der Waals surface area contributed by atoms with E-state index in [1.807, 2.05) is 6.07 Å². The molecule has 8 heteroatoms. The standard InChI is InChI=1S/C21H19N3O4S/c1-15(25)22-17-11-9-16(10-12-17)20-14-19(21-8-5-13-28-21)23-24(20)29(26,27)18-6-3-2-4-7-18/h2-13,19,23H,14H2,1H3/p+1. The number of nitrogens with one attached hydrogen (secondary N) is 2. The van der Waals surface area contributed by atoms with Crippen LogP contribution in [0.15, 0.2) is 82.3 Å². The number of hydrazone groups is 1. The molecule has 1 aliphatic heterocycles. The van der Waals surface area contributed by atoms with Gasteiger partial charge in [-0.05, 0) is 48.5 Å². The Hall–Kier alpha value is -3.39. The van der Waals surface area contributed by atoms with Crippen LogP contribution in [0.3, 0.4) is 0 Å². The number of anilines is 1. The first-order valence-corrected chi connectivity index (χ1v) is 10.5. The van der Waals surface area contributed by atoms with Crippen molar-refractivity contribution in [3.63, 3.8) is 0 Å². The normalized spacial score (nSPS) is 16.5. The number of nitrogens with zero attached hydrogens (tertiary/aromatic N) is 1. The first-order valence-electron chi connectivity index (χ1n) is 9.09. The summed E-state index contributed by atoms with van der Waals surface area (Å²) in [7, 11) is -3.82. The number of hydrogen-bond donors (Lipinski definition) is 2. The fraction of sp³-hybridized carbons (Fsp3) is 0.143. The Morgan fingerprint density at radius 1 is 1.07 bits per heavy atom. The van der Waals surface area contributed by atoms with Gasteiger partial charge in [0, 0.05) is 22.3 Å². The summed E-state index contributed by atoms with van der Waals surface area (Å²) in [5.41, 5.74) is 5.06. The molecule has 0 aliphatic carbocycles. The van der Waals surface area contributed by atoms with Crippen LogP contribution in [0.5, 0.6) is 0 Å². The van der Waals surface area contributed by atoms with Gasteiger partial charge in [-0.3, -0.25) is 4.79 Å². The van der Waals surface area contributed by atoms with Gasteiger partial charge in [-0.25, -0.2) is 0 Å². The molecule has 0 saturated heterocycles. The Labute approximate surface area is 168 Å². The molecule has 148 valence electrons. The highest BCUT2D eigenvalue weighted by Gasteiger charge is 2.43. The van der Waals surface area contributed by atoms with Crippen molar-refractivity contribution in [2.75, 3.05) is 5.32 Å². The number of furan rings is 1. The molecule has 2 aromatic carbocycles. The highest BCUT2D eigenvalue weighted by atomic mass is 32.2. The fourth-order valence-electron chi connectivity index (χ4n) is 3.29. The summed E-state index contributed by atoms with van der Waals surface area (Å²) in [6.45, 7) is 1.44. The Morgan fingerprint density at radius 3 is 2.41 bits per heavy atom. The zero-order valence-electron chi connectivity index (χ0n) is 15.7. The van der Waals surface area contributed by atoms with Crippen LogP contribution in [0.2, 0.25) is 0 Å².